The van der Waals surface area contributed by atoms with E-state index in [1.807, 2.05) is 0 Å². The molecule has 0 saturated carbocycles. The second-order valence-corrected chi connectivity index (χ2v) is 10.6. The summed E-state index contributed by atoms with van der Waals surface area (Å²) in [4.78, 5) is 0. The Hall–Kier alpha value is -4.95. The van der Waals surface area contributed by atoms with Crippen LogP contribution in [0.2, 0.25) is 0 Å². The van der Waals surface area contributed by atoms with Gasteiger partial charge in [-0.05, 0) is 79.8 Å². The molecule has 0 radical (unpaired) electrons. The van der Waals surface area contributed by atoms with Crippen molar-refractivity contribution in [2.45, 2.75) is 6.92 Å². The number of pyridine rings is 1. The monoisotopic (exact) mass is 500 g/mol. The largest absolute Gasteiger partial charge is 0.450 e. The molecule has 2 aromatic heterocycles. The second kappa shape index (κ2) is 8.28. The van der Waals surface area contributed by atoms with E-state index in [9.17, 15) is 0 Å². The van der Waals surface area contributed by atoms with Crippen molar-refractivity contribution in [2.75, 3.05) is 0 Å². The minimum absolute atomic E-state index is 0.896. The highest BCUT2D eigenvalue weighted by Crippen LogP contribution is 2.35. The summed E-state index contributed by atoms with van der Waals surface area (Å²) in [5.41, 5.74) is 4.22. The molecule has 0 spiro atoms. The first-order valence-corrected chi connectivity index (χ1v) is 13.4. The van der Waals surface area contributed by atoms with E-state index in [2.05, 4.69) is 140 Å². The van der Waals surface area contributed by atoms with Gasteiger partial charge < -0.3 is 4.42 Å². The number of fused-ring (bicyclic) bond motifs is 2. The highest BCUT2D eigenvalue weighted by atomic mass is 16.3. The number of aryl methyl sites for hydroxylation is 2. The standard InChI is InChI=1S/C37H26NO/c1-23-12-13-30-20-32(23)34-21-33-36(22-38(34)2)39-35-11-5-10-31(37(33)35)25-16-14-24(15-17-25)26-6-3-7-27(18-26)28-8-4-9-29(30)19-28/h3-22H,1-2H3/q+1. The summed E-state index contributed by atoms with van der Waals surface area (Å²) in [6.07, 6.45) is 2.12. The summed E-state index contributed by atoms with van der Waals surface area (Å²) in [5.74, 6) is 0. The second-order valence-electron chi connectivity index (χ2n) is 10.6. The first-order chi connectivity index (χ1) is 19.1. The first kappa shape index (κ1) is 22.1. The van der Waals surface area contributed by atoms with Crippen LogP contribution in [0, 0.1) is 6.92 Å². The van der Waals surface area contributed by atoms with Crippen LogP contribution >= 0.6 is 0 Å². The lowest BCUT2D eigenvalue weighted by Crippen LogP contribution is -2.27. The van der Waals surface area contributed by atoms with E-state index in [-0.39, 0.29) is 0 Å². The molecule has 0 aliphatic rings. The van der Waals surface area contributed by atoms with Crippen LogP contribution in [0.1, 0.15) is 5.56 Å². The Balaban J connectivity index is 1.66. The molecule has 2 heteroatoms. The smallest absolute Gasteiger partial charge is 0.213 e. The number of rotatable bonds is 0. The lowest BCUT2D eigenvalue weighted by molar-refractivity contribution is -0.643. The summed E-state index contributed by atoms with van der Waals surface area (Å²) in [6, 6.07) is 42.1. The summed E-state index contributed by atoms with van der Waals surface area (Å²) < 4.78 is 8.57. The molecular weight excluding hydrogens is 474 g/mol. The van der Waals surface area contributed by atoms with Crippen LogP contribution in [0.3, 0.4) is 0 Å². The van der Waals surface area contributed by atoms with Crippen LogP contribution in [0.25, 0.3) is 75.9 Å². The molecule has 9 aromatic rings. The number of aromatic nitrogens is 1. The van der Waals surface area contributed by atoms with Crippen LogP contribution in [-0.4, -0.2) is 0 Å². The fraction of sp³-hybridized carbons (Fsp3) is 0.0541. The summed E-state index contributed by atoms with van der Waals surface area (Å²) in [5, 5.41) is 13.2. The molecule has 0 fully saturated rings. The molecule has 10 bridgehead atoms. The molecule has 184 valence electrons. The van der Waals surface area contributed by atoms with Crippen LogP contribution in [0.5, 0.6) is 0 Å². The molecule has 2 nitrogen and oxygen atoms in total. The van der Waals surface area contributed by atoms with Gasteiger partial charge in [-0.2, -0.15) is 4.57 Å². The lowest BCUT2D eigenvalue weighted by Gasteiger charge is -2.03. The van der Waals surface area contributed by atoms with Gasteiger partial charge in [0.2, 0.25) is 11.7 Å². The molecule has 0 saturated heterocycles. The van der Waals surface area contributed by atoms with Crippen molar-refractivity contribution in [2.24, 2.45) is 7.05 Å². The quantitative estimate of drug-likeness (QED) is 0.189. The molecule has 7 aromatic carbocycles. The Kier molecular flexibility index (Phi) is 4.68. The van der Waals surface area contributed by atoms with Crippen molar-refractivity contribution in [3.8, 4) is 0 Å². The minimum Gasteiger partial charge on any atom is -0.450 e. The number of furan rings is 1. The molecule has 0 amide bonds. The fourth-order valence-electron chi connectivity index (χ4n) is 6.10. The average molecular weight is 501 g/mol. The topological polar surface area (TPSA) is 17.0 Å². The van der Waals surface area contributed by atoms with Gasteiger partial charge in [-0.1, -0.05) is 84.9 Å². The first-order valence-electron chi connectivity index (χ1n) is 13.4. The van der Waals surface area contributed by atoms with Gasteiger partial charge in [-0.25, -0.2) is 0 Å². The van der Waals surface area contributed by atoms with Gasteiger partial charge in [0, 0.05) is 22.2 Å². The Morgan fingerprint density at radius 2 is 1.08 bits per heavy atom. The van der Waals surface area contributed by atoms with Gasteiger partial charge in [0.25, 0.3) is 0 Å². The van der Waals surface area contributed by atoms with Gasteiger partial charge in [0.05, 0.1) is 0 Å². The maximum Gasteiger partial charge on any atom is 0.213 e. The Morgan fingerprint density at radius 1 is 0.487 bits per heavy atom. The highest BCUT2D eigenvalue weighted by Gasteiger charge is 2.16. The van der Waals surface area contributed by atoms with E-state index < -0.39 is 0 Å². The molecule has 9 rings (SSSR count). The SMILES string of the molecule is Cc1ccc2cc1c1cc3c(c[n+]1C)oc1cccc(c4ccc(cc4)c4cccc(c4)c4cccc2c4)c13. The third kappa shape index (κ3) is 3.45. The van der Waals surface area contributed by atoms with Crippen LogP contribution in [-0.2, 0) is 7.05 Å². The van der Waals surface area contributed by atoms with Crippen LogP contribution < -0.4 is 4.57 Å². The third-order valence-electron chi connectivity index (χ3n) is 8.19. The van der Waals surface area contributed by atoms with Crippen molar-refractivity contribution in [1.82, 2.24) is 0 Å². The number of hydrogen-bond acceptors (Lipinski definition) is 1. The predicted octanol–water partition coefficient (Wildman–Crippen LogP) is 9.61. The van der Waals surface area contributed by atoms with E-state index in [1.54, 1.807) is 0 Å². The number of hydrogen-bond donors (Lipinski definition) is 0. The van der Waals surface area contributed by atoms with Crippen molar-refractivity contribution in [3.63, 3.8) is 0 Å². The van der Waals surface area contributed by atoms with E-state index in [4.69, 9.17) is 4.42 Å². The van der Waals surface area contributed by atoms with Crippen molar-refractivity contribution in [1.29, 1.82) is 0 Å². The zero-order valence-corrected chi connectivity index (χ0v) is 21.9. The summed E-state index contributed by atoms with van der Waals surface area (Å²) in [6.45, 7) is 2.19. The normalized spacial score (nSPS) is 11.8. The van der Waals surface area contributed by atoms with Crippen molar-refractivity contribution >= 4 is 75.9 Å². The zero-order valence-electron chi connectivity index (χ0n) is 21.9. The molecule has 0 unspecified atom stereocenters. The van der Waals surface area contributed by atoms with Crippen LogP contribution in [0.15, 0.2) is 126 Å². The van der Waals surface area contributed by atoms with Crippen molar-refractivity contribution < 1.29 is 8.98 Å². The Morgan fingerprint density at radius 3 is 1.79 bits per heavy atom. The Labute approximate surface area is 225 Å². The minimum atomic E-state index is 0.896. The molecule has 39 heavy (non-hydrogen) atoms. The fourth-order valence-corrected chi connectivity index (χ4v) is 6.10. The molecule has 0 aliphatic carbocycles. The summed E-state index contributed by atoms with van der Waals surface area (Å²) in [7, 11) is 2.10. The molecular formula is C37H26NO+. The van der Waals surface area contributed by atoms with Crippen molar-refractivity contribution in [3.05, 3.63) is 127 Å². The number of nitrogens with zero attached hydrogens (tertiary/aromatic N) is 1. The molecule has 0 aliphatic heterocycles. The maximum absolute atomic E-state index is 6.39. The van der Waals surface area contributed by atoms with Gasteiger partial charge in [0.1, 0.15) is 12.6 Å². The average Bonchev–Trinajstić information content (AvgIpc) is 3.34. The zero-order chi connectivity index (χ0) is 26.1. The summed E-state index contributed by atoms with van der Waals surface area (Å²) >= 11 is 0. The van der Waals surface area contributed by atoms with E-state index in [0.717, 1.165) is 21.9 Å². The molecule has 0 N–H and O–H groups in total. The maximum atomic E-state index is 6.39. The van der Waals surface area contributed by atoms with Gasteiger partial charge in [-0.15, -0.1) is 0 Å². The van der Waals surface area contributed by atoms with E-state index in [1.165, 1.54) is 59.6 Å². The molecule has 0 atom stereocenters. The highest BCUT2D eigenvalue weighted by molar-refractivity contribution is 6.18. The predicted molar refractivity (Wildman–Crippen MR) is 165 cm³/mol. The third-order valence-corrected chi connectivity index (χ3v) is 8.19. The Bertz CT molecular complexity index is 2340. The van der Waals surface area contributed by atoms with Gasteiger partial charge in [-0.3, -0.25) is 0 Å². The van der Waals surface area contributed by atoms with Crippen LogP contribution in [0.4, 0.5) is 0 Å². The lowest BCUT2D eigenvalue weighted by atomic mass is 10.0. The van der Waals surface area contributed by atoms with Gasteiger partial charge >= 0.3 is 0 Å². The van der Waals surface area contributed by atoms with Gasteiger partial charge in [0.15, 0.2) is 5.58 Å². The van der Waals surface area contributed by atoms with E-state index >= 15 is 0 Å². The number of benzene rings is 5. The molecule has 2 heterocycles. The van der Waals surface area contributed by atoms with E-state index in [0.29, 0.717) is 0 Å².